The lowest BCUT2D eigenvalue weighted by Gasteiger charge is -2.04. The minimum Gasteiger partial charge on any atom is -0.481 e. The highest BCUT2D eigenvalue weighted by molar-refractivity contribution is 5.80. The van der Waals surface area contributed by atoms with Crippen molar-refractivity contribution in [1.82, 2.24) is 5.32 Å². The number of unbranched alkanes of at least 4 members (excludes halogenated alkanes) is 7. The normalized spacial score (nSPS) is 10.3. The van der Waals surface area contributed by atoms with Gasteiger partial charge in [-0.3, -0.25) is 9.59 Å². The van der Waals surface area contributed by atoms with Crippen molar-refractivity contribution in [2.75, 3.05) is 6.54 Å². The third-order valence-corrected chi connectivity index (χ3v) is 2.92. The van der Waals surface area contributed by atoms with E-state index >= 15 is 0 Å². The first-order valence-electron chi connectivity index (χ1n) is 7.15. The predicted molar refractivity (Wildman–Crippen MR) is 72.5 cm³/mol. The fourth-order valence-electron chi connectivity index (χ4n) is 1.80. The second-order valence-corrected chi connectivity index (χ2v) is 4.72. The number of nitrogens with one attached hydrogen (secondary N) is 1. The molecule has 0 fully saturated rings. The zero-order valence-electron chi connectivity index (χ0n) is 11.5. The van der Waals surface area contributed by atoms with Crippen LogP contribution in [-0.2, 0) is 9.59 Å². The Balaban J connectivity index is 3.15. The van der Waals surface area contributed by atoms with E-state index in [1.54, 1.807) is 0 Å². The Labute approximate surface area is 110 Å². The largest absolute Gasteiger partial charge is 0.481 e. The first kappa shape index (κ1) is 16.9. The van der Waals surface area contributed by atoms with E-state index in [1.807, 2.05) is 0 Å². The summed E-state index contributed by atoms with van der Waals surface area (Å²) in [5.74, 6) is -1.07. The van der Waals surface area contributed by atoms with Gasteiger partial charge in [0, 0.05) is 13.0 Å². The van der Waals surface area contributed by atoms with Crippen LogP contribution in [-0.4, -0.2) is 23.5 Å². The Morgan fingerprint density at radius 3 is 2.00 bits per heavy atom. The van der Waals surface area contributed by atoms with Gasteiger partial charge in [-0.1, -0.05) is 51.9 Å². The second kappa shape index (κ2) is 12.4. The maximum absolute atomic E-state index is 11.2. The van der Waals surface area contributed by atoms with Crippen LogP contribution in [0.25, 0.3) is 0 Å². The molecule has 0 aromatic rings. The molecule has 0 unspecified atom stereocenters. The molecular weight excluding hydrogens is 230 g/mol. The van der Waals surface area contributed by atoms with Gasteiger partial charge < -0.3 is 10.4 Å². The molecule has 0 heterocycles. The van der Waals surface area contributed by atoms with Gasteiger partial charge in [-0.05, 0) is 6.42 Å². The number of aliphatic carboxylic acids is 1. The van der Waals surface area contributed by atoms with Crippen LogP contribution in [0, 0.1) is 0 Å². The molecule has 0 aliphatic heterocycles. The lowest BCUT2D eigenvalue weighted by atomic mass is 10.1. The SMILES string of the molecule is CCCCCCCCCCNC(=O)CCC(=O)O. The van der Waals surface area contributed by atoms with Crippen LogP contribution >= 0.6 is 0 Å². The molecule has 18 heavy (non-hydrogen) atoms. The quantitative estimate of drug-likeness (QED) is 0.528. The van der Waals surface area contributed by atoms with Gasteiger partial charge in [0.25, 0.3) is 0 Å². The maximum atomic E-state index is 11.2. The highest BCUT2D eigenvalue weighted by Crippen LogP contribution is 2.07. The number of rotatable bonds is 12. The molecule has 4 heteroatoms. The first-order valence-corrected chi connectivity index (χ1v) is 7.15. The molecule has 106 valence electrons. The number of amides is 1. The molecule has 1 amide bonds. The maximum Gasteiger partial charge on any atom is 0.303 e. The number of carbonyl (C=O) groups is 2. The van der Waals surface area contributed by atoms with E-state index in [2.05, 4.69) is 12.2 Å². The Morgan fingerprint density at radius 2 is 1.44 bits per heavy atom. The van der Waals surface area contributed by atoms with Crippen LogP contribution in [0.1, 0.15) is 71.1 Å². The number of carboxylic acid groups (broad SMARTS) is 1. The zero-order chi connectivity index (χ0) is 13.6. The summed E-state index contributed by atoms with van der Waals surface area (Å²) in [6.45, 7) is 2.89. The van der Waals surface area contributed by atoms with E-state index in [4.69, 9.17) is 5.11 Å². The number of hydrogen-bond acceptors (Lipinski definition) is 2. The molecule has 0 saturated heterocycles. The van der Waals surface area contributed by atoms with Crippen molar-refractivity contribution < 1.29 is 14.7 Å². The summed E-state index contributed by atoms with van der Waals surface area (Å²) in [7, 11) is 0. The first-order chi connectivity index (χ1) is 8.66. The van der Waals surface area contributed by atoms with Crippen LogP contribution in [0.5, 0.6) is 0 Å². The Kier molecular flexibility index (Phi) is 11.7. The Bertz CT molecular complexity index is 229. The average Bonchev–Trinajstić information content (AvgIpc) is 2.34. The molecule has 0 aliphatic carbocycles. The van der Waals surface area contributed by atoms with Crippen molar-refractivity contribution in [3.8, 4) is 0 Å². The van der Waals surface area contributed by atoms with Gasteiger partial charge in [-0.25, -0.2) is 0 Å². The number of hydrogen-bond donors (Lipinski definition) is 2. The highest BCUT2D eigenvalue weighted by atomic mass is 16.4. The summed E-state index contributed by atoms with van der Waals surface area (Å²) in [4.78, 5) is 21.4. The summed E-state index contributed by atoms with van der Waals surface area (Å²) < 4.78 is 0. The lowest BCUT2D eigenvalue weighted by Crippen LogP contribution is -2.24. The monoisotopic (exact) mass is 257 g/mol. The fourth-order valence-corrected chi connectivity index (χ4v) is 1.80. The fraction of sp³-hybridized carbons (Fsp3) is 0.857. The van der Waals surface area contributed by atoms with E-state index in [0.29, 0.717) is 6.54 Å². The van der Waals surface area contributed by atoms with Crippen LogP contribution in [0.4, 0.5) is 0 Å². The van der Waals surface area contributed by atoms with Crippen molar-refractivity contribution >= 4 is 11.9 Å². The van der Waals surface area contributed by atoms with E-state index in [-0.39, 0.29) is 18.7 Å². The number of carbonyl (C=O) groups excluding carboxylic acids is 1. The molecule has 4 nitrogen and oxygen atoms in total. The Morgan fingerprint density at radius 1 is 0.889 bits per heavy atom. The minimum atomic E-state index is -0.919. The molecule has 0 rings (SSSR count). The van der Waals surface area contributed by atoms with Gasteiger partial charge in [0.15, 0.2) is 0 Å². The highest BCUT2D eigenvalue weighted by Gasteiger charge is 2.03. The summed E-state index contributed by atoms with van der Waals surface area (Å²) in [6.07, 6.45) is 9.93. The molecule has 0 aliphatic rings. The topological polar surface area (TPSA) is 66.4 Å². The van der Waals surface area contributed by atoms with E-state index in [0.717, 1.165) is 12.8 Å². The summed E-state index contributed by atoms with van der Waals surface area (Å²) in [6, 6.07) is 0. The van der Waals surface area contributed by atoms with Gasteiger partial charge in [0.05, 0.1) is 6.42 Å². The van der Waals surface area contributed by atoms with E-state index < -0.39 is 5.97 Å². The van der Waals surface area contributed by atoms with Crippen molar-refractivity contribution in [3.63, 3.8) is 0 Å². The van der Waals surface area contributed by atoms with Gasteiger partial charge in [0.2, 0.25) is 5.91 Å². The molecule has 0 atom stereocenters. The van der Waals surface area contributed by atoms with Crippen LogP contribution < -0.4 is 5.32 Å². The predicted octanol–water partition coefficient (Wildman–Crippen LogP) is 3.11. The third-order valence-electron chi connectivity index (χ3n) is 2.92. The lowest BCUT2D eigenvalue weighted by molar-refractivity contribution is -0.138. The standard InChI is InChI=1S/C14H27NO3/c1-2-3-4-5-6-7-8-9-12-15-13(16)10-11-14(17)18/h2-12H2,1H3,(H,15,16)(H,17,18). The molecule has 0 saturated carbocycles. The molecule has 2 N–H and O–H groups in total. The smallest absolute Gasteiger partial charge is 0.303 e. The molecular formula is C14H27NO3. The summed E-state index contributed by atoms with van der Waals surface area (Å²) in [5.41, 5.74) is 0. The Hall–Kier alpha value is -1.06. The van der Waals surface area contributed by atoms with Gasteiger partial charge >= 0.3 is 5.97 Å². The third kappa shape index (κ3) is 13.0. The van der Waals surface area contributed by atoms with Gasteiger partial charge in [-0.2, -0.15) is 0 Å². The van der Waals surface area contributed by atoms with Gasteiger partial charge in [-0.15, -0.1) is 0 Å². The van der Waals surface area contributed by atoms with Gasteiger partial charge in [0.1, 0.15) is 0 Å². The molecule has 0 radical (unpaired) electrons. The molecule has 0 bridgehead atoms. The zero-order valence-corrected chi connectivity index (χ0v) is 11.5. The van der Waals surface area contributed by atoms with E-state index in [1.165, 1.54) is 38.5 Å². The molecule has 0 aromatic heterocycles. The van der Waals surface area contributed by atoms with Crippen molar-refractivity contribution in [1.29, 1.82) is 0 Å². The van der Waals surface area contributed by atoms with Crippen molar-refractivity contribution in [2.24, 2.45) is 0 Å². The number of carboxylic acids is 1. The van der Waals surface area contributed by atoms with Crippen molar-refractivity contribution in [3.05, 3.63) is 0 Å². The van der Waals surface area contributed by atoms with E-state index in [9.17, 15) is 9.59 Å². The summed E-state index contributed by atoms with van der Waals surface area (Å²) >= 11 is 0. The van der Waals surface area contributed by atoms with Crippen LogP contribution in [0.15, 0.2) is 0 Å². The van der Waals surface area contributed by atoms with Crippen LogP contribution in [0.3, 0.4) is 0 Å². The second-order valence-electron chi connectivity index (χ2n) is 4.72. The van der Waals surface area contributed by atoms with Crippen molar-refractivity contribution in [2.45, 2.75) is 71.1 Å². The summed E-state index contributed by atoms with van der Waals surface area (Å²) in [5, 5.41) is 11.2. The minimum absolute atomic E-state index is 0.0801. The van der Waals surface area contributed by atoms with Crippen LogP contribution in [0.2, 0.25) is 0 Å². The molecule has 0 aromatic carbocycles. The average molecular weight is 257 g/mol. The molecule has 0 spiro atoms.